The molecule has 5 heteroatoms. The van der Waals surface area contributed by atoms with Gasteiger partial charge in [0, 0.05) is 28.7 Å². The van der Waals surface area contributed by atoms with Gasteiger partial charge in [-0.25, -0.2) is 0 Å². The summed E-state index contributed by atoms with van der Waals surface area (Å²) in [7, 11) is 0. The number of aromatic nitrogens is 1. The smallest absolute Gasteiger partial charge is 0.251 e. The van der Waals surface area contributed by atoms with Crippen LogP contribution in [0, 0.1) is 5.92 Å². The topological polar surface area (TPSA) is 48.1 Å². The quantitative estimate of drug-likeness (QED) is 0.896. The van der Waals surface area contributed by atoms with Crippen molar-refractivity contribution in [3.05, 3.63) is 48.2 Å². The largest absolute Gasteiger partial charge is 0.356 e. The van der Waals surface area contributed by atoms with Crippen molar-refractivity contribution in [2.75, 3.05) is 13.1 Å². The fourth-order valence-corrected chi connectivity index (χ4v) is 4.76. The first-order chi connectivity index (χ1) is 11.7. The van der Waals surface area contributed by atoms with Gasteiger partial charge >= 0.3 is 0 Å². The average molecular weight is 341 g/mol. The molecule has 2 bridgehead atoms. The molecule has 5 rings (SSSR count). The molecule has 2 unspecified atom stereocenters. The summed E-state index contributed by atoms with van der Waals surface area (Å²) in [5, 5.41) is 4.39. The Morgan fingerprint density at radius 1 is 1.21 bits per heavy atom. The van der Waals surface area contributed by atoms with Gasteiger partial charge in [-0.2, -0.15) is 0 Å². The highest BCUT2D eigenvalue weighted by Gasteiger charge is 2.40. The van der Waals surface area contributed by atoms with Crippen molar-refractivity contribution in [2.45, 2.75) is 41.8 Å². The summed E-state index contributed by atoms with van der Waals surface area (Å²) in [4.78, 5) is 19.4. The molecule has 24 heavy (non-hydrogen) atoms. The molecule has 2 aromatic rings. The second-order valence-corrected chi connectivity index (χ2v) is 7.89. The van der Waals surface area contributed by atoms with E-state index in [4.69, 9.17) is 0 Å². The Morgan fingerprint density at radius 2 is 1.96 bits per heavy atom. The minimum absolute atomic E-state index is 0.0528. The molecule has 1 aromatic heterocycles. The molecule has 0 radical (unpaired) electrons. The molecule has 3 aliphatic rings. The van der Waals surface area contributed by atoms with E-state index in [9.17, 15) is 4.79 Å². The number of hydrogen-bond acceptors (Lipinski definition) is 3. The molecular weight excluding hydrogens is 318 g/mol. The maximum absolute atomic E-state index is 12.6. The number of H-pyrrole nitrogens is 1. The number of hydrogen-bond donors (Lipinski definition) is 2. The second-order valence-electron chi connectivity index (χ2n) is 6.77. The van der Waals surface area contributed by atoms with E-state index in [1.807, 2.05) is 42.6 Å². The van der Waals surface area contributed by atoms with E-state index in [0.29, 0.717) is 12.0 Å². The molecule has 4 nitrogen and oxygen atoms in total. The van der Waals surface area contributed by atoms with E-state index < -0.39 is 0 Å². The first-order valence-corrected chi connectivity index (χ1v) is 9.48. The number of carbonyl (C=O) groups is 1. The fraction of sp³-hybridized carbons (Fsp3) is 0.421. The maximum atomic E-state index is 12.6. The van der Waals surface area contributed by atoms with Gasteiger partial charge in [0.05, 0.1) is 5.03 Å². The van der Waals surface area contributed by atoms with Gasteiger partial charge in [-0.1, -0.05) is 11.8 Å². The zero-order valence-electron chi connectivity index (χ0n) is 13.9. The Labute approximate surface area is 147 Å². The first kappa shape index (κ1) is 15.8. The highest BCUT2D eigenvalue weighted by atomic mass is 32.2. The maximum Gasteiger partial charge on any atom is 0.251 e. The number of nitrogens with one attached hydrogen (secondary N) is 2. The molecule has 1 amide bonds. The number of benzene rings is 1. The molecule has 3 fully saturated rings. The number of fused-ring (bicyclic) bond motifs is 3. The van der Waals surface area contributed by atoms with E-state index in [0.717, 1.165) is 15.5 Å². The van der Waals surface area contributed by atoms with Crippen molar-refractivity contribution in [3.63, 3.8) is 0 Å². The van der Waals surface area contributed by atoms with Crippen LogP contribution >= 0.6 is 11.8 Å². The SMILES string of the molecule is CC1C(NC(=O)c2ccc(Sc3ccc[nH]3)cc2)C2CCN1CC2. The summed E-state index contributed by atoms with van der Waals surface area (Å²) in [6, 6.07) is 12.6. The van der Waals surface area contributed by atoms with E-state index in [2.05, 4.69) is 22.1 Å². The van der Waals surface area contributed by atoms with Crippen LogP contribution in [0.1, 0.15) is 30.1 Å². The molecule has 2 N–H and O–H groups in total. The lowest BCUT2D eigenvalue weighted by Crippen LogP contribution is -2.62. The zero-order valence-corrected chi connectivity index (χ0v) is 14.7. The van der Waals surface area contributed by atoms with Crippen LogP contribution in [0.15, 0.2) is 52.5 Å². The Kier molecular flexibility index (Phi) is 4.37. The number of carbonyl (C=O) groups excluding carboxylic acids is 1. The van der Waals surface area contributed by atoms with Gasteiger partial charge in [0.15, 0.2) is 0 Å². The van der Waals surface area contributed by atoms with Gasteiger partial charge in [0.1, 0.15) is 0 Å². The van der Waals surface area contributed by atoms with Gasteiger partial charge in [0.25, 0.3) is 5.91 Å². The van der Waals surface area contributed by atoms with E-state index >= 15 is 0 Å². The predicted octanol–water partition coefficient (Wildman–Crippen LogP) is 3.38. The van der Waals surface area contributed by atoms with Crippen LogP contribution in [0.2, 0.25) is 0 Å². The van der Waals surface area contributed by atoms with Crippen LogP contribution in [-0.2, 0) is 0 Å². The first-order valence-electron chi connectivity index (χ1n) is 8.67. The zero-order chi connectivity index (χ0) is 16.5. The average Bonchev–Trinajstić information content (AvgIpc) is 3.12. The summed E-state index contributed by atoms with van der Waals surface area (Å²) in [5.41, 5.74) is 0.745. The number of aromatic amines is 1. The van der Waals surface area contributed by atoms with Crippen LogP contribution in [-0.4, -0.2) is 41.0 Å². The summed E-state index contributed by atoms with van der Waals surface area (Å²) >= 11 is 1.67. The molecule has 3 aliphatic heterocycles. The second kappa shape index (κ2) is 6.65. The van der Waals surface area contributed by atoms with Gasteiger partial charge in [-0.15, -0.1) is 0 Å². The van der Waals surface area contributed by atoms with E-state index in [1.54, 1.807) is 11.8 Å². The minimum atomic E-state index is 0.0528. The third-order valence-electron chi connectivity index (χ3n) is 5.39. The van der Waals surface area contributed by atoms with E-state index in [-0.39, 0.29) is 11.9 Å². The Balaban J connectivity index is 1.41. The van der Waals surface area contributed by atoms with Crippen molar-refractivity contribution in [3.8, 4) is 0 Å². The van der Waals surface area contributed by atoms with Crippen LogP contribution in [0.3, 0.4) is 0 Å². The third-order valence-corrected chi connectivity index (χ3v) is 6.37. The molecule has 0 spiro atoms. The summed E-state index contributed by atoms with van der Waals surface area (Å²) in [5.74, 6) is 0.689. The normalized spacial score (nSPS) is 28.7. The van der Waals surface area contributed by atoms with Crippen molar-refractivity contribution < 1.29 is 4.79 Å². The number of nitrogens with zero attached hydrogens (tertiary/aromatic N) is 1. The molecule has 0 aliphatic carbocycles. The van der Waals surface area contributed by atoms with Gasteiger partial charge in [0.2, 0.25) is 0 Å². The van der Waals surface area contributed by atoms with Gasteiger partial charge in [-0.3, -0.25) is 9.69 Å². The van der Waals surface area contributed by atoms with E-state index in [1.165, 1.54) is 25.9 Å². The van der Waals surface area contributed by atoms with Crippen LogP contribution in [0.5, 0.6) is 0 Å². The molecule has 0 saturated carbocycles. The van der Waals surface area contributed by atoms with Crippen LogP contribution in [0.25, 0.3) is 0 Å². The fourth-order valence-electron chi connectivity index (χ4n) is 3.96. The summed E-state index contributed by atoms with van der Waals surface area (Å²) in [6.45, 7) is 4.61. The minimum Gasteiger partial charge on any atom is -0.356 e. The molecule has 3 saturated heterocycles. The lowest BCUT2D eigenvalue weighted by Gasteiger charge is -2.49. The molecule has 126 valence electrons. The highest BCUT2D eigenvalue weighted by Crippen LogP contribution is 2.32. The lowest BCUT2D eigenvalue weighted by molar-refractivity contribution is 0.0217. The van der Waals surface area contributed by atoms with Crippen LogP contribution < -0.4 is 5.32 Å². The lowest BCUT2D eigenvalue weighted by atomic mass is 9.79. The molecular formula is C19H23N3OS. The van der Waals surface area contributed by atoms with Crippen LogP contribution in [0.4, 0.5) is 0 Å². The third kappa shape index (κ3) is 3.10. The molecule has 1 aromatic carbocycles. The Bertz CT molecular complexity index is 688. The van der Waals surface area contributed by atoms with Gasteiger partial charge < -0.3 is 10.3 Å². The standard InChI is InChI=1S/C19H23N3OS/c1-13-18(14-8-11-22(13)12-9-14)21-19(23)15-4-6-16(7-5-15)24-17-3-2-10-20-17/h2-7,10,13-14,18,20H,8-9,11-12H2,1H3,(H,21,23). The van der Waals surface area contributed by atoms with Gasteiger partial charge in [-0.05, 0) is 75.2 Å². The highest BCUT2D eigenvalue weighted by molar-refractivity contribution is 7.99. The summed E-state index contributed by atoms with van der Waals surface area (Å²) in [6.07, 6.45) is 4.33. The Morgan fingerprint density at radius 3 is 2.58 bits per heavy atom. The van der Waals surface area contributed by atoms with Crippen molar-refractivity contribution in [1.82, 2.24) is 15.2 Å². The number of rotatable bonds is 4. The monoisotopic (exact) mass is 341 g/mol. The van der Waals surface area contributed by atoms with Crippen molar-refractivity contribution >= 4 is 17.7 Å². The molecule has 4 heterocycles. The Hall–Kier alpha value is -1.72. The predicted molar refractivity (Wildman–Crippen MR) is 96.4 cm³/mol. The van der Waals surface area contributed by atoms with Crippen molar-refractivity contribution in [2.24, 2.45) is 5.92 Å². The number of amides is 1. The van der Waals surface area contributed by atoms with Crippen molar-refractivity contribution in [1.29, 1.82) is 0 Å². The summed E-state index contributed by atoms with van der Waals surface area (Å²) < 4.78 is 0. The molecule has 2 atom stereocenters. The number of piperidine rings is 3.